The summed E-state index contributed by atoms with van der Waals surface area (Å²) in [5.41, 5.74) is 10.0. The predicted octanol–water partition coefficient (Wildman–Crippen LogP) is 0.168. The highest BCUT2D eigenvalue weighted by molar-refractivity contribution is 5.43. The molecule has 0 saturated carbocycles. The Morgan fingerprint density at radius 2 is 2.00 bits per heavy atom. The van der Waals surface area contributed by atoms with Gasteiger partial charge in [-0.05, 0) is 18.1 Å². The van der Waals surface area contributed by atoms with Crippen LogP contribution in [0.4, 0.5) is 0 Å². The van der Waals surface area contributed by atoms with Crippen molar-refractivity contribution < 1.29 is 0 Å². The van der Waals surface area contributed by atoms with Gasteiger partial charge in [0.2, 0.25) is 0 Å². The van der Waals surface area contributed by atoms with Gasteiger partial charge < -0.3 is 5.73 Å². The molecule has 0 bridgehead atoms. The molecular weight excluding hydrogens is 212 g/mol. The first kappa shape index (κ1) is 11.2. The van der Waals surface area contributed by atoms with Gasteiger partial charge in [0, 0.05) is 12.5 Å². The molecule has 0 aromatic heterocycles. The molecule has 4 atom stereocenters. The van der Waals surface area contributed by atoms with Crippen molar-refractivity contribution in [1.82, 2.24) is 16.0 Å². The minimum Gasteiger partial charge on any atom is -0.315 e. The summed E-state index contributed by atoms with van der Waals surface area (Å²) in [5.74, 6) is 0.373. The van der Waals surface area contributed by atoms with Crippen LogP contribution in [0.15, 0.2) is 34.9 Å². The fraction of sp³-hybridized carbons (Fsp3) is 0.538. The fourth-order valence-electron chi connectivity index (χ4n) is 2.66. The van der Waals surface area contributed by atoms with E-state index < -0.39 is 0 Å². The molecule has 0 spiro atoms. The Kier molecular flexibility index (Phi) is 2.67. The minimum atomic E-state index is 0.0343. The van der Waals surface area contributed by atoms with E-state index in [1.165, 1.54) is 16.7 Å². The van der Waals surface area contributed by atoms with Crippen molar-refractivity contribution in [2.45, 2.75) is 32.3 Å². The molecule has 0 aromatic carbocycles. The molecule has 0 radical (unpaired) electrons. The van der Waals surface area contributed by atoms with Crippen molar-refractivity contribution in [3.05, 3.63) is 34.9 Å². The second-order valence-electron chi connectivity index (χ2n) is 5.27. The summed E-state index contributed by atoms with van der Waals surface area (Å²) in [6.07, 6.45) is 7.26. The zero-order valence-corrected chi connectivity index (χ0v) is 10.3. The standard InChI is InChI=1S/C13H20N4/c1-7-3-9-5-10-4-8(2)11(14)16-13(10)17-12(9)15-6-7/h3-5,8,11-13,15-17H,6,14H2,1-2H3. The van der Waals surface area contributed by atoms with Gasteiger partial charge in [0.25, 0.3) is 0 Å². The second-order valence-corrected chi connectivity index (χ2v) is 5.27. The van der Waals surface area contributed by atoms with E-state index in [1.807, 2.05) is 0 Å². The molecule has 4 nitrogen and oxygen atoms in total. The third kappa shape index (κ3) is 1.98. The van der Waals surface area contributed by atoms with Gasteiger partial charge in [-0.25, -0.2) is 0 Å². The van der Waals surface area contributed by atoms with Crippen LogP contribution in [0, 0.1) is 5.92 Å². The molecule has 17 heavy (non-hydrogen) atoms. The molecule has 0 aromatic rings. The third-order valence-electron chi connectivity index (χ3n) is 3.71. The van der Waals surface area contributed by atoms with Crippen LogP contribution in [0.5, 0.6) is 0 Å². The van der Waals surface area contributed by atoms with Gasteiger partial charge in [-0.2, -0.15) is 0 Å². The summed E-state index contributed by atoms with van der Waals surface area (Å²) in [4.78, 5) is 0. The molecule has 3 rings (SSSR count). The van der Waals surface area contributed by atoms with Crippen LogP contribution in [-0.2, 0) is 0 Å². The molecule has 3 aliphatic heterocycles. The summed E-state index contributed by atoms with van der Waals surface area (Å²) in [6.45, 7) is 5.25. The first-order valence-electron chi connectivity index (χ1n) is 6.25. The molecule has 4 heteroatoms. The normalized spacial score (nSPS) is 40.8. The lowest BCUT2D eigenvalue weighted by Gasteiger charge is -2.40. The van der Waals surface area contributed by atoms with Crippen molar-refractivity contribution in [3.63, 3.8) is 0 Å². The third-order valence-corrected chi connectivity index (χ3v) is 3.71. The maximum absolute atomic E-state index is 6.03. The van der Waals surface area contributed by atoms with Gasteiger partial charge in [0.15, 0.2) is 0 Å². The highest BCUT2D eigenvalue weighted by Crippen LogP contribution is 2.25. The molecule has 4 unspecified atom stereocenters. The average molecular weight is 232 g/mol. The number of hydrogen-bond acceptors (Lipinski definition) is 4. The Hall–Kier alpha value is -0.940. The van der Waals surface area contributed by atoms with E-state index in [1.54, 1.807) is 0 Å². The Balaban J connectivity index is 1.95. The zero-order valence-electron chi connectivity index (χ0n) is 10.3. The zero-order chi connectivity index (χ0) is 12.0. The monoisotopic (exact) mass is 232 g/mol. The summed E-state index contributed by atoms with van der Waals surface area (Å²) >= 11 is 0. The summed E-state index contributed by atoms with van der Waals surface area (Å²) < 4.78 is 0. The molecule has 0 aliphatic carbocycles. The predicted molar refractivity (Wildman–Crippen MR) is 68.9 cm³/mol. The van der Waals surface area contributed by atoms with E-state index in [4.69, 9.17) is 5.73 Å². The Morgan fingerprint density at radius 3 is 2.82 bits per heavy atom. The lowest BCUT2D eigenvalue weighted by molar-refractivity contribution is 0.307. The SMILES string of the molecule is CC1=CC2=CC3=CC(C)C(N)NC3NC2NC1. The number of rotatable bonds is 0. The van der Waals surface area contributed by atoms with Crippen LogP contribution in [0.1, 0.15) is 13.8 Å². The first-order chi connectivity index (χ1) is 8.13. The number of nitrogens with two attached hydrogens (primary N) is 1. The lowest BCUT2D eigenvalue weighted by atomic mass is 9.91. The Morgan fingerprint density at radius 1 is 1.18 bits per heavy atom. The van der Waals surface area contributed by atoms with Crippen molar-refractivity contribution in [3.8, 4) is 0 Å². The maximum Gasteiger partial charge on any atom is 0.0859 e. The molecular formula is C13H20N4. The Bertz CT molecular complexity index is 421. The lowest BCUT2D eigenvalue weighted by Crippen LogP contribution is -2.63. The molecule has 3 aliphatic rings. The van der Waals surface area contributed by atoms with Crippen molar-refractivity contribution >= 4 is 0 Å². The average Bonchev–Trinajstić information content (AvgIpc) is 2.28. The molecule has 3 heterocycles. The van der Waals surface area contributed by atoms with Crippen LogP contribution < -0.4 is 21.7 Å². The van der Waals surface area contributed by atoms with Crippen LogP contribution in [0.25, 0.3) is 0 Å². The van der Waals surface area contributed by atoms with E-state index in [-0.39, 0.29) is 18.5 Å². The van der Waals surface area contributed by atoms with E-state index in [2.05, 4.69) is 48.0 Å². The summed E-state index contributed by atoms with van der Waals surface area (Å²) in [6, 6.07) is 0. The van der Waals surface area contributed by atoms with Crippen LogP contribution in [0.2, 0.25) is 0 Å². The molecule has 0 saturated heterocycles. The van der Waals surface area contributed by atoms with Crippen LogP contribution >= 0.6 is 0 Å². The Labute approximate surface area is 102 Å². The summed E-state index contributed by atoms with van der Waals surface area (Å²) in [7, 11) is 0. The maximum atomic E-state index is 6.03. The van der Waals surface area contributed by atoms with E-state index in [0.29, 0.717) is 5.92 Å². The van der Waals surface area contributed by atoms with Gasteiger partial charge in [-0.1, -0.05) is 30.7 Å². The topological polar surface area (TPSA) is 62.1 Å². The van der Waals surface area contributed by atoms with Crippen LogP contribution in [0.3, 0.4) is 0 Å². The first-order valence-corrected chi connectivity index (χ1v) is 6.25. The number of fused-ring (bicyclic) bond motifs is 2. The van der Waals surface area contributed by atoms with Gasteiger partial charge in [0.1, 0.15) is 0 Å². The second kappa shape index (κ2) is 4.07. The molecule has 0 fully saturated rings. The molecule has 0 amide bonds. The van der Waals surface area contributed by atoms with Crippen LogP contribution in [-0.4, -0.2) is 25.0 Å². The largest absolute Gasteiger partial charge is 0.315 e. The highest BCUT2D eigenvalue weighted by atomic mass is 15.3. The van der Waals surface area contributed by atoms with E-state index >= 15 is 0 Å². The number of nitrogens with one attached hydrogen (secondary N) is 3. The van der Waals surface area contributed by atoms with E-state index in [9.17, 15) is 0 Å². The quantitative estimate of drug-likeness (QED) is 0.481. The highest BCUT2D eigenvalue weighted by Gasteiger charge is 2.31. The summed E-state index contributed by atoms with van der Waals surface area (Å²) in [5, 5.41) is 10.4. The molecule has 5 N–H and O–H groups in total. The fourth-order valence-corrected chi connectivity index (χ4v) is 2.66. The van der Waals surface area contributed by atoms with Gasteiger partial charge in [0.05, 0.1) is 18.5 Å². The van der Waals surface area contributed by atoms with Crippen molar-refractivity contribution in [1.29, 1.82) is 0 Å². The smallest absolute Gasteiger partial charge is 0.0859 e. The molecule has 92 valence electrons. The minimum absolute atomic E-state index is 0.0343. The number of hydrogen-bond donors (Lipinski definition) is 4. The van der Waals surface area contributed by atoms with E-state index in [0.717, 1.165) is 6.54 Å². The van der Waals surface area contributed by atoms with Crippen molar-refractivity contribution in [2.75, 3.05) is 6.54 Å². The van der Waals surface area contributed by atoms with Gasteiger partial charge in [-0.15, -0.1) is 0 Å². The van der Waals surface area contributed by atoms with Gasteiger partial charge in [-0.3, -0.25) is 16.0 Å². The van der Waals surface area contributed by atoms with Gasteiger partial charge >= 0.3 is 0 Å². The van der Waals surface area contributed by atoms with Crippen molar-refractivity contribution in [2.24, 2.45) is 11.7 Å².